The summed E-state index contributed by atoms with van der Waals surface area (Å²) in [5.74, 6) is 0. The van der Waals surface area contributed by atoms with Gasteiger partial charge < -0.3 is 9.30 Å². The van der Waals surface area contributed by atoms with Crippen molar-refractivity contribution in [2.24, 2.45) is 0 Å². The highest BCUT2D eigenvalue weighted by molar-refractivity contribution is 5.61. The first-order valence-electron chi connectivity index (χ1n) is 9.28. The van der Waals surface area contributed by atoms with E-state index < -0.39 is 0 Å². The van der Waals surface area contributed by atoms with E-state index in [1.165, 1.54) is 0 Å². The molecule has 0 fully saturated rings. The Hall–Kier alpha value is -3.31. The van der Waals surface area contributed by atoms with Crippen LogP contribution in [0.25, 0.3) is 11.3 Å². The van der Waals surface area contributed by atoms with E-state index in [9.17, 15) is 0 Å². The van der Waals surface area contributed by atoms with Gasteiger partial charge in [-0.3, -0.25) is 9.97 Å². The van der Waals surface area contributed by atoms with Gasteiger partial charge in [0.05, 0.1) is 55.1 Å². The molecule has 0 aliphatic rings. The molecule has 0 spiro atoms. The van der Waals surface area contributed by atoms with Gasteiger partial charge in [-0.2, -0.15) is 0 Å². The Morgan fingerprint density at radius 3 is 2.29 bits per heavy atom. The third-order valence-electron chi connectivity index (χ3n) is 4.51. The molecule has 2 aromatic carbocycles. The summed E-state index contributed by atoms with van der Waals surface area (Å²) in [6, 6.07) is 20.4. The first kappa shape index (κ1) is 18.1. The number of ether oxygens (including phenoxy) is 1. The molecule has 0 aliphatic carbocycles. The van der Waals surface area contributed by atoms with Crippen molar-refractivity contribution in [2.75, 3.05) is 0 Å². The van der Waals surface area contributed by atoms with Crippen LogP contribution in [0.5, 0.6) is 0 Å². The topological polar surface area (TPSA) is 52.8 Å². The Bertz CT molecular complexity index is 1010. The summed E-state index contributed by atoms with van der Waals surface area (Å²) in [7, 11) is 0. The lowest BCUT2D eigenvalue weighted by Crippen LogP contribution is -2.08. The summed E-state index contributed by atoms with van der Waals surface area (Å²) in [4.78, 5) is 13.5. The first-order chi connectivity index (χ1) is 13.8. The van der Waals surface area contributed by atoms with Crippen LogP contribution in [0.15, 0.2) is 79.4 Å². The van der Waals surface area contributed by atoms with Gasteiger partial charge in [0.15, 0.2) is 0 Å². The molecular weight excluding hydrogens is 348 g/mol. The Balaban J connectivity index is 1.58. The van der Waals surface area contributed by atoms with Crippen molar-refractivity contribution >= 4 is 0 Å². The molecule has 0 radical (unpaired) electrons. The van der Waals surface area contributed by atoms with Crippen LogP contribution >= 0.6 is 0 Å². The van der Waals surface area contributed by atoms with Crippen molar-refractivity contribution in [1.29, 1.82) is 0 Å². The number of aromatic nitrogens is 4. The van der Waals surface area contributed by atoms with E-state index in [4.69, 9.17) is 4.74 Å². The molecule has 28 heavy (non-hydrogen) atoms. The fourth-order valence-corrected chi connectivity index (χ4v) is 3.05. The van der Waals surface area contributed by atoms with E-state index in [1.807, 2.05) is 55.8 Å². The van der Waals surface area contributed by atoms with E-state index >= 15 is 0 Å². The third-order valence-corrected chi connectivity index (χ3v) is 4.51. The number of aryl methyl sites for hydroxylation is 1. The quantitative estimate of drug-likeness (QED) is 0.483. The van der Waals surface area contributed by atoms with Crippen LogP contribution in [0, 0.1) is 6.92 Å². The van der Waals surface area contributed by atoms with Crippen LogP contribution in [-0.4, -0.2) is 19.5 Å². The van der Waals surface area contributed by atoms with Crippen LogP contribution < -0.4 is 0 Å². The maximum Gasteiger partial charge on any atom is 0.0960 e. The standard InChI is InChI=1S/C23H22N4O/c1-18-12-25-21(13-24-18)14-27-17-26-23(20-10-6-3-7-11-20)22(27)16-28-15-19-8-4-2-5-9-19/h2-13,17H,14-16H2,1H3. The molecule has 4 rings (SSSR count). The van der Waals surface area contributed by atoms with Crippen molar-refractivity contribution < 1.29 is 4.74 Å². The number of hydrogen-bond donors (Lipinski definition) is 0. The van der Waals surface area contributed by atoms with Gasteiger partial charge in [-0.05, 0) is 12.5 Å². The van der Waals surface area contributed by atoms with Crippen LogP contribution in [0.4, 0.5) is 0 Å². The number of benzene rings is 2. The Morgan fingerprint density at radius 1 is 0.821 bits per heavy atom. The molecule has 0 bridgehead atoms. The second kappa shape index (κ2) is 8.59. The summed E-state index contributed by atoms with van der Waals surface area (Å²) < 4.78 is 8.12. The predicted octanol–water partition coefficient (Wildman–Crippen LogP) is 4.41. The number of hydrogen-bond acceptors (Lipinski definition) is 4. The van der Waals surface area contributed by atoms with Gasteiger partial charge in [0, 0.05) is 11.8 Å². The lowest BCUT2D eigenvalue weighted by Gasteiger charge is -2.11. The minimum absolute atomic E-state index is 0.471. The lowest BCUT2D eigenvalue weighted by molar-refractivity contribution is 0.103. The SMILES string of the molecule is Cc1cnc(Cn2cnc(-c3ccccc3)c2COCc2ccccc2)cn1. The molecule has 140 valence electrons. The molecule has 0 N–H and O–H groups in total. The van der Waals surface area contributed by atoms with E-state index in [1.54, 1.807) is 6.20 Å². The zero-order chi connectivity index (χ0) is 19.2. The summed E-state index contributed by atoms with van der Waals surface area (Å²) >= 11 is 0. The smallest absolute Gasteiger partial charge is 0.0960 e. The summed E-state index contributed by atoms with van der Waals surface area (Å²) in [5, 5.41) is 0. The predicted molar refractivity (Wildman–Crippen MR) is 108 cm³/mol. The molecule has 0 aliphatic heterocycles. The van der Waals surface area contributed by atoms with Crippen molar-refractivity contribution in [3.8, 4) is 11.3 Å². The maximum atomic E-state index is 6.03. The monoisotopic (exact) mass is 370 g/mol. The Kier molecular flexibility index (Phi) is 5.54. The summed E-state index contributed by atoms with van der Waals surface area (Å²) in [5.41, 5.74) is 6.00. The average Bonchev–Trinajstić information content (AvgIpc) is 3.13. The van der Waals surface area contributed by atoms with Gasteiger partial charge in [-0.25, -0.2) is 4.98 Å². The van der Waals surface area contributed by atoms with Gasteiger partial charge in [-0.15, -0.1) is 0 Å². The minimum atomic E-state index is 0.471. The number of imidazole rings is 1. The lowest BCUT2D eigenvalue weighted by atomic mass is 10.1. The first-order valence-corrected chi connectivity index (χ1v) is 9.28. The van der Waals surface area contributed by atoms with Crippen LogP contribution in [0.2, 0.25) is 0 Å². The highest BCUT2D eigenvalue weighted by Crippen LogP contribution is 2.23. The van der Waals surface area contributed by atoms with Gasteiger partial charge in [0.1, 0.15) is 0 Å². The highest BCUT2D eigenvalue weighted by Gasteiger charge is 2.14. The van der Waals surface area contributed by atoms with Crippen molar-refractivity contribution in [1.82, 2.24) is 19.5 Å². The van der Waals surface area contributed by atoms with Gasteiger partial charge in [-0.1, -0.05) is 60.7 Å². The summed E-state index contributed by atoms with van der Waals surface area (Å²) in [6.45, 7) is 3.57. The van der Waals surface area contributed by atoms with E-state index in [-0.39, 0.29) is 0 Å². The third kappa shape index (κ3) is 4.32. The molecule has 0 saturated carbocycles. The minimum Gasteiger partial charge on any atom is -0.370 e. The van der Waals surface area contributed by atoms with Gasteiger partial charge in [0.25, 0.3) is 0 Å². The fourth-order valence-electron chi connectivity index (χ4n) is 3.05. The van der Waals surface area contributed by atoms with E-state index in [0.29, 0.717) is 19.8 Å². The van der Waals surface area contributed by atoms with Crippen molar-refractivity contribution in [2.45, 2.75) is 26.7 Å². The molecule has 2 heterocycles. The van der Waals surface area contributed by atoms with Gasteiger partial charge >= 0.3 is 0 Å². The van der Waals surface area contributed by atoms with Crippen LogP contribution in [0.1, 0.15) is 22.6 Å². The Labute approximate surface area is 164 Å². The number of nitrogens with zero attached hydrogens (tertiary/aromatic N) is 4. The molecule has 0 amide bonds. The second-order valence-electron chi connectivity index (χ2n) is 6.66. The summed E-state index contributed by atoms with van der Waals surface area (Å²) in [6.07, 6.45) is 5.45. The molecule has 0 atom stereocenters. The van der Waals surface area contributed by atoms with Crippen LogP contribution in [-0.2, 0) is 24.5 Å². The molecule has 0 unspecified atom stereocenters. The highest BCUT2D eigenvalue weighted by atomic mass is 16.5. The largest absolute Gasteiger partial charge is 0.370 e. The van der Waals surface area contributed by atoms with Crippen LogP contribution in [0.3, 0.4) is 0 Å². The molecule has 0 saturated heterocycles. The normalized spacial score (nSPS) is 10.9. The second-order valence-corrected chi connectivity index (χ2v) is 6.66. The average molecular weight is 370 g/mol. The fraction of sp³-hybridized carbons (Fsp3) is 0.174. The molecular formula is C23H22N4O. The maximum absolute atomic E-state index is 6.03. The molecule has 2 aromatic heterocycles. The van der Waals surface area contributed by atoms with Gasteiger partial charge in [0.2, 0.25) is 0 Å². The van der Waals surface area contributed by atoms with E-state index in [2.05, 4.69) is 43.8 Å². The zero-order valence-electron chi connectivity index (χ0n) is 15.8. The number of rotatable bonds is 7. The van der Waals surface area contributed by atoms with E-state index in [0.717, 1.165) is 33.9 Å². The molecule has 5 nitrogen and oxygen atoms in total. The van der Waals surface area contributed by atoms with Crippen molar-refractivity contribution in [3.63, 3.8) is 0 Å². The molecule has 5 heteroatoms. The molecule has 4 aromatic rings. The Morgan fingerprint density at radius 2 is 1.57 bits per heavy atom. The van der Waals surface area contributed by atoms with Crippen molar-refractivity contribution in [3.05, 3.63) is 102 Å². The zero-order valence-corrected chi connectivity index (χ0v) is 15.8.